The van der Waals surface area contributed by atoms with Gasteiger partial charge in [0.05, 0.1) is 0 Å². The third-order valence-corrected chi connectivity index (χ3v) is 8.72. The summed E-state index contributed by atoms with van der Waals surface area (Å²) in [4.78, 5) is 0. The lowest BCUT2D eigenvalue weighted by atomic mass is 10.1. The van der Waals surface area contributed by atoms with Crippen LogP contribution in [-0.2, 0) is 13.6 Å². The van der Waals surface area contributed by atoms with Crippen LogP contribution in [0.2, 0.25) is 6.04 Å². The van der Waals surface area contributed by atoms with Crippen LogP contribution in [0.15, 0.2) is 0 Å². The Balaban J connectivity index is 0.000000621. The van der Waals surface area contributed by atoms with E-state index in [1.54, 1.807) is 21.3 Å². The van der Waals surface area contributed by atoms with E-state index in [-0.39, 0.29) is 5.22 Å². The van der Waals surface area contributed by atoms with E-state index in [1.165, 1.54) is 25.7 Å². The van der Waals surface area contributed by atoms with E-state index >= 15 is 0 Å². The Bertz CT molecular complexity index is 231. The van der Waals surface area contributed by atoms with Crippen molar-refractivity contribution in [3.63, 3.8) is 0 Å². The molecule has 122 valence electrons. The van der Waals surface area contributed by atoms with Crippen LogP contribution in [0.1, 0.15) is 58.8 Å². The van der Waals surface area contributed by atoms with Crippen LogP contribution in [-0.4, -0.2) is 41.7 Å². The van der Waals surface area contributed by atoms with Crippen molar-refractivity contribution in [3.05, 3.63) is 0 Å². The summed E-state index contributed by atoms with van der Waals surface area (Å²) in [7, 11) is 3.22. The first-order chi connectivity index (χ1) is 9.61. The van der Waals surface area contributed by atoms with Crippen LogP contribution in [0.3, 0.4) is 0 Å². The monoisotopic (exact) mass is 305 g/mol. The van der Waals surface area contributed by atoms with Gasteiger partial charge in [0, 0.05) is 21.3 Å². The van der Waals surface area contributed by atoms with Gasteiger partial charge in [-0.1, -0.05) is 39.5 Å². The molecule has 2 N–H and O–H groups in total. The highest BCUT2D eigenvalue weighted by molar-refractivity contribution is 6.70. The number of hydrogen-bond donors (Lipinski definition) is 1. The van der Waals surface area contributed by atoms with Crippen molar-refractivity contribution in [1.82, 2.24) is 0 Å². The van der Waals surface area contributed by atoms with Gasteiger partial charge in [-0.05, 0) is 31.9 Å². The predicted octanol–water partition coefficient (Wildman–Crippen LogP) is 3.38. The topological polar surface area (TPSA) is 53.7 Å². The first-order valence-corrected chi connectivity index (χ1v) is 9.99. The average molecular weight is 306 g/mol. The van der Waals surface area contributed by atoms with Gasteiger partial charge in [0.15, 0.2) is 0 Å². The minimum atomic E-state index is -2.15. The summed E-state index contributed by atoms with van der Waals surface area (Å²) in [6, 6.07) is 1.06. The maximum absolute atomic E-state index is 5.83. The van der Waals surface area contributed by atoms with E-state index in [2.05, 4.69) is 13.8 Å². The van der Waals surface area contributed by atoms with Crippen molar-refractivity contribution in [2.45, 2.75) is 70.1 Å². The Labute approximate surface area is 126 Å². The summed E-state index contributed by atoms with van der Waals surface area (Å²) in [5, 5.41) is -0.122. The van der Waals surface area contributed by atoms with Crippen LogP contribution >= 0.6 is 0 Å². The molecule has 0 aliphatic carbocycles. The minimum Gasteiger partial charge on any atom is -0.396 e. The van der Waals surface area contributed by atoms with Gasteiger partial charge in [0.1, 0.15) is 5.22 Å². The lowest BCUT2D eigenvalue weighted by molar-refractivity contribution is -0.0149. The molecule has 4 nitrogen and oxygen atoms in total. The van der Waals surface area contributed by atoms with Gasteiger partial charge in [-0.25, -0.2) is 0 Å². The van der Waals surface area contributed by atoms with Crippen molar-refractivity contribution in [2.24, 2.45) is 5.73 Å². The van der Waals surface area contributed by atoms with Crippen molar-refractivity contribution in [1.29, 1.82) is 0 Å². The predicted molar refractivity (Wildman–Crippen MR) is 87.0 cm³/mol. The summed E-state index contributed by atoms with van der Waals surface area (Å²) >= 11 is 0. The Hall–Kier alpha value is 0.0569. The van der Waals surface area contributed by atoms with Gasteiger partial charge in [-0.2, -0.15) is 0 Å². The van der Waals surface area contributed by atoms with Gasteiger partial charge in [-0.15, -0.1) is 0 Å². The zero-order valence-corrected chi connectivity index (χ0v) is 15.2. The summed E-state index contributed by atoms with van der Waals surface area (Å²) in [5.74, 6) is 0. The highest BCUT2D eigenvalue weighted by Gasteiger charge is 2.58. The molecule has 0 spiro atoms. The molecule has 0 bridgehead atoms. The third kappa shape index (κ3) is 4.81. The molecule has 1 aliphatic rings. The number of rotatable bonds is 7. The van der Waals surface area contributed by atoms with Gasteiger partial charge >= 0.3 is 8.56 Å². The van der Waals surface area contributed by atoms with Gasteiger partial charge in [0.25, 0.3) is 0 Å². The second-order valence-electron chi connectivity index (χ2n) is 5.46. The first kappa shape index (κ1) is 20.1. The molecule has 1 saturated heterocycles. The fourth-order valence-corrected chi connectivity index (χ4v) is 7.12. The Kier molecular flexibility index (Phi) is 10.8. The summed E-state index contributed by atoms with van der Waals surface area (Å²) in [6.07, 6.45) is 8.09. The zero-order valence-electron chi connectivity index (χ0n) is 14.2. The lowest BCUT2D eigenvalue weighted by Crippen LogP contribution is -2.64. The molecule has 20 heavy (non-hydrogen) atoms. The number of nitrogens with two attached hydrogens (primary N) is 1. The molecule has 1 rings (SSSR count). The molecular weight excluding hydrogens is 270 g/mol. The largest absolute Gasteiger partial charge is 0.396 e. The second kappa shape index (κ2) is 10.7. The van der Waals surface area contributed by atoms with Crippen LogP contribution in [0.5, 0.6) is 0 Å². The molecule has 0 saturated carbocycles. The van der Waals surface area contributed by atoms with Crippen LogP contribution in [0.4, 0.5) is 0 Å². The SMILES string of the molecule is CCCC1(OC)CCCC[Si]1(OC)OC.CCCCN. The molecule has 0 radical (unpaired) electrons. The normalized spacial score (nSPS) is 24.9. The number of unbranched alkanes of at least 4 members (excludes halogenated alkanes) is 1. The average Bonchev–Trinajstić information content (AvgIpc) is 2.49. The fraction of sp³-hybridized carbons (Fsp3) is 1.00. The van der Waals surface area contributed by atoms with Crippen LogP contribution < -0.4 is 5.73 Å². The van der Waals surface area contributed by atoms with E-state index in [0.29, 0.717) is 0 Å². The molecule has 1 unspecified atom stereocenters. The van der Waals surface area contributed by atoms with E-state index in [9.17, 15) is 0 Å². The number of methoxy groups -OCH3 is 1. The highest BCUT2D eigenvalue weighted by atomic mass is 28.4. The van der Waals surface area contributed by atoms with E-state index in [4.69, 9.17) is 19.3 Å². The zero-order chi connectivity index (χ0) is 15.5. The summed E-state index contributed by atoms with van der Waals surface area (Å²) in [6.45, 7) is 5.17. The van der Waals surface area contributed by atoms with Crippen LogP contribution in [0.25, 0.3) is 0 Å². The van der Waals surface area contributed by atoms with Crippen molar-refractivity contribution in [2.75, 3.05) is 27.9 Å². The second-order valence-corrected chi connectivity index (χ2v) is 9.19. The highest BCUT2D eigenvalue weighted by Crippen LogP contribution is 2.42. The van der Waals surface area contributed by atoms with Gasteiger partial charge < -0.3 is 19.3 Å². The molecule has 1 atom stereocenters. The summed E-state index contributed by atoms with van der Waals surface area (Å²) in [5.41, 5.74) is 5.14. The quantitative estimate of drug-likeness (QED) is 0.733. The molecule has 0 aromatic heterocycles. The van der Waals surface area contributed by atoms with Gasteiger partial charge in [0.2, 0.25) is 0 Å². The van der Waals surface area contributed by atoms with E-state index in [0.717, 1.165) is 31.9 Å². The van der Waals surface area contributed by atoms with Crippen molar-refractivity contribution in [3.8, 4) is 0 Å². The molecule has 0 aromatic carbocycles. The van der Waals surface area contributed by atoms with E-state index in [1.807, 2.05) is 0 Å². The Morgan fingerprint density at radius 1 is 1.05 bits per heavy atom. The third-order valence-electron chi connectivity index (χ3n) is 4.29. The molecule has 1 fully saturated rings. The molecule has 1 heterocycles. The smallest absolute Gasteiger partial charge is 0.370 e. The minimum absolute atomic E-state index is 0.122. The van der Waals surface area contributed by atoms with Crippen LogP contribution in [0, 0.1) is 0 Å². The maximum atomic E-state index is 5.83. The number of ether oxygens (including phenoxy) is 1. The Morgan fingerprint density at radius 2 is 1.70 bits per heavy atom. The molecular formula is C15H35NO3Si. The molecule has 1 aliphatic heterocycles. The molecule has 0 aromatic rings. The van der Waals surface area contributed by atoms with Crippen molar-refractivity contribution >= 4 is 8.56 Å². The number of hydrogen-bond acceptors (Lipinski definition) is 4. The molecule has 5 heteroatoms. The standard InChI is InChI=1S/C11H24O3Si.C4H11N/c1-5-8-11(12-2)9-6-7-10-15(11,13-3)14-4;1-2-3-4-5/h5-10H2,1-4H3;2-5H2,1H3. The fourth-order valence-electron chi connectivity index (χ4n) is 3.13. The lowest BCUT2D eigenvalue weighted by Gasteiger charge is -2.47. The molecule has 0 amide bonds. The van der Waals surface area contributed by atoms with Crippen molar-refractivity contribution < 1.29 is 13.6 Å². The van der Waals surface area contributed by atoms with E-state index < -0.39 is 8.56 Å². The van der Waals surface area contributed by atoms with Gasteiger partial charge in [-0.3, -0.25) is 0 Å². The first-order valence-electron chi connectivity index (χ1n) is 7.97. The summed E-state index contributed by atoms with van der Waals surface area (Å²) < 4.78 is 17.4. The Morgan fingerprint density at radius 3 is 2.05 bits per heavy atom. The maximum Gasteiger partial charge on any atom is 0.370 e.